The van der Waals surface area contributed by atoms with Crippen molar-refractivity contribution in [2.24, 2.45) is 5.92 Å². The monoisotopic (exact) mass is 473 g/mol. The number of benzene rings is 2. The number of unbranched alkanes of at least 4 members (excludes halogenated alkanes) is 1. The van der Waals surface area contributed by atoms with Gasteiger partial charge in [-0.1, -0.05) is 42.5 Å². The van der Waals surface area contributed by atoms with Gasteiger partial charge in [0.15, 0.2) is 0 Å². The van der Waals surface area contributed by atoms with Crippen molar-refractivity contribution in [3.63, 3.8) is 0 Å². The number of carbonyl (C=O) groups excluding carboxylic acids is 1. The number of fused-ring (bicyclic) bond motifs is 1. The molecule has 0 spiro atoms. The lowest BCUT2D eigenvalue weighted by molar-refractivity contribution is -0.131. The lowest BCUT2D eigenvalue weighted by atomic mass is 9.95. The molecule has 0 atom stereocenters. The number of nitrogens with zero attached hydrogens (tertiary/aromatic N) is 2. The molecule has 0 radical (unpaired) electrons. The molecule has 2 aliphatic heterocycles. The molecule has 182 valence electrons. The van der Waals surface area contributed by atoms with Crippen LogP contribution in [0.5, 0.6) is 0 Å². The maximum Gasteiger partial charge on any atom is 0.227 e. The third kappa shape index (κ3) is 7.68. The van der Waals surface area contributed by atoms with E-state index in [0.717, 1.165) is 77.1 Å². The van der Waals surface area contributed by atoms with Crippen LogP contribution in [0.4, 0.5) is 0 Å². The number of aliphatic hydroxyl groups excluding tert-OH is 1. The van der Waals surface area contributed by atoms with Gasteiger partial charge in [-0.15, -0.1) is 12.4 Å². The number of amides is 1. The average molecular weight is 474 g/mol. The minimum Gasteiger partial charge on any atom is -0.393 e. The minimum atomic E-state index is -0.0761. The first-order valence-corrected chi connectivity index (χ1v) is 12.5. The number of piperidine rings is 2. The van der Waals surface area contributed by atoms with Gasteiger partial charge >= 0.3 is 0 Å². The van der Waals surface area contributed by atoms with Crippen LogP contribution in [0.2, 0.25) is 0 Å². The van der Waals surface area contributed by atoms with E-state index in [0.29, 0.717) is 12.3 Å². The van der Waals surface area contributed by atoms with Crippen LogP contribution in [0.15, 0.2) is 42.5 Å². The van der Waals surface area contributed by atoms with Crippen molar-refractivity contribution in [3.05, 3.63) is 48.0 Å². The summed E-state index contributed by atoms with van der Waals surface area (Å²) in [4.78, 5) is 17.4. The lowest BCUT2D eigenvalue weighted by Crippen LogP contribution is -2.41. The molecule has 2 aliphatic rings. The topological polar surface area (TPSA) is 55.8 Å². The van der Waals surface area contributed by atoms with Crippen LogP contribution in [-0.2, 0) is 11.2 Å². The Labute approximate surface area is 204 Å². The SMILES string of the molecule is Cl.O=C(Cc1cccc2ccccc12)N1CCC(CNCCCCN2CCC(O)CC2)CC1. The third-order valence-electron chi connectivity index (χ3n) is 7.26. The smallest absolute Gasteiger partial charge is 0.227 e. The van der Waals surface area contributed by atoms with E-state index in [-0.39, 0.29) is 24.4 Å². The Kier molecular flexibility index (Phi) is 10.4. The summed E-state index contributed by atoms with van der Waals surface area (Å²) >= 11 is 0. The van der Waals surface area contributed by atoms with Crippen molar-refractivity contribution in [2.75, 3.05) is 45.8 Å². The summed E-state index contributed by atoms with van der Waals surface area (Å²) in [6.45, 7) is 7.18. The Morgan fingerprint density at radius 2 is 1.67 bits per heavy atom. The van der Waals surface area contributed by atoms with E-state index in [2.05, 4.69) is 45.4 Å². The fourth-order valence-electron chi connectivity index (χ4n) is 5.14. The maximum absolute atomic E-state index is 12.9. The Bertz CT molecular complexity index is 856. The highest BCUT2D eigenvalue weighted by molar-refractivity contribution is 5.90. The van der Waals surface area contributed by atoms with Crippen molar-refractivity contribution in [1.82, 2.24) is 15.1 Å². The molecule has 2 N–H and O–H groups in total. The van der Waals surface area contributed by atoms with Crippen LogP contribution in [0.25, 0.3) is 10.8 Å². The predicted octanol–water partition coefficient (Wildman–Crippen LogP) is 3.87. The minimum absolute atomic E-state index is 0. The molecule has 0 unspecified atom stereocenters. The van der Waals surface area contributed by atoms with Crippen LogP contribution >= 0.6 is 12.4 Å². The number of nitrogens with one attached hydrogen (secondary N) is 1. The molecule has 5 nitrogen and oxygen atoms in total. The number of aliphatic hydroxyl groups is 1. The summed E-state index contributed by atoms with van der Waals surface area (Å²) in [6.07, 6.45) is 6.93. The normalized spacial score (nSPS) is 18.4. The van der Waals surface area contributed by atoms with Gasteiger partial charge in [-0.25, -0.2) is 0 Å². The van der Waals surface area contributed by atoms with Gasteiger partial charge in [0.25, 0.3) is 0 Å². The van der Waals surface area contributed by atoms with E-state index in [4.69, 9.17) is 0 Å². The van der Waals surface area contributed by atoms with E-state index in [1.807, 2.05) is 12.1 Å². The molecule has 2 aromatic carbocycles. The van der Waals surface area contributed by atoms with Crippen LogP contribution < -0.4 is 5.32 Å². The van der Waals surface area contributed by atoms with Crippen molar-refractivity contribution in [1.29, 1.82) is 0 Å². The van der Waals surface area contributed by atoms with E-state index in [9.17, 15) is 9.90 Å². The molecule has 1 amide bonds. The molecule has 2 saturated heterocycles. The number of rotatable bonds is 9. The van der Waals surface area contributed by atoms with Gasteiger partial charge < -0.3 is 20.2 Å². The summed E-state index contributed by atoms with van der Waals surface area (Å²) in [6, 6.07) is 14.6. The fraction of sp³-hybridized carbons (Fsp3) is 0.593. The number of hydrogen-bond donors (Lipinski definition) is 2. The largest absolute Gasteiger partial charge is 0.393 e. The van der Waals surface area contributed by atoms with E-state index < -0.39 is 0 Å². The molecule has 0 saturated carbocycles. The number of halogens is 1. The first kappa shape index (κ1) is 26.0. The van der Waals surface area contributed by atoms with E-state index in [1.165, 1.54) is 23.6 Å². The number of likely N-dealkylation sites (tertiary alicyclic amines) is 2. The second-order valence-corrected chi connectivity index (χ2v) is 9.62. The van der Waals surface area contributed by atoms with Crippen molar-refractivity contribution in [2.45, 2.75) is 51.0 Å². The van der Waals surface area contributed by atoms with Gasteiger partial charge in [0.2, 0.25) is 5.91 Å². The second-order valence-electron chi connectivity index (χ2n) is 9.62. The summed E-state index contributed by atoms with van der Waals surface area (Å²) in [5, 5.41) is 15.6. The molecular weight excluding hydrogens is 434 g/mol. The summed E-state index contributed by atoms with van der Waals surface area (Å²) < 4.78 is 0. The van der Waals surface area contributed by atoms with Gasteiger partial charge in [-0.05, 0) is 80.4 Å². The highest BCUT2D eigenvalue weighted by atomic mass is 35.5. The van der Waals surface area contributed by atoms with Gasteiger partial charge in [-0.2, -0.15) is 0 Å². The molecule has 0 aliphatic carbocycles. The Balaban J connectivity index is 0.00000306. The molecule has 2 heterocycles. The standard InChI is InChI=1S/C27H39N3O2.ClH/c31-25-12-16-29(17-13-25)15-4-3-14-28-21-22-10-18-30(19-11-22)27(32)20-24-8-5-7-23-6-1-2-9-26(23)24;/h1-2,5-9,22,25,28,31H,3-4,10-21H2;1H. The molecule has 2 aromatic rings. The highest BCUT2D eigenvalue weighted by Crippen LogP contribution is 2.21. The number of hydrogen-bond acceptors (Lipinski definition) is 4. The maximum atomic E-state index is 12.9. The van der Waals surface area contributed by atoms with Gasteiger partial charge in [0.05, 0.1) is 12.5 Å². The zero-order chi connectivity index (χ0) is 22.2. The highest BCUT2D eigenvalue weighted by Gasteiger charge is 2.23. The molecule has 33 heavy (non-hydrogen) atoms. The first-order valence-electron chi connectivity index (χ1n) is 12.5. The van der Waals surface area contributed by atoms with E-state index in [1.54, 1.807) is 0 Å². The van der Waals surface area contributed by atoms with Crippen molar-refractivity contribution >= 4 is 29.1 Å². The number of carbonyl (C=O) groups is 1. The molecule has 0 bridgehead atoms. The van der Waals surface area contributed by atoms with Crippen LogP contribution in [0.1, 0.15) is 44.1 Å². The molecule has 4 rings (SSSR count). The lowest BCUT2D eigenvalue weighted by Gasteiger charge is -2.32. The summed E-state index contributed by atoms with van der Waals surface area (Å²) in [5.74, 6) is 0.943. The zero-order valence-corrected chi connectivity index (χ0v) is 20.6. The summed E-state index contributed by atoms with van der Waals surface area (Å²) in [5.41, 5.74) is 1.14. The van der Waals surface area contributed by atoms with Crippen LogP contribution in [0, 0.1) is 5.92 Å². The van der Waals surface area contributed by atoms with Crippen LogP contribution in [-0.4, -0.2) is 72.7 Å². The molecule has 6 heteroatoms. The second kappa shape index (κ2) is 13.3. The third-order valence-corrected chi connectivity index (χ3v) is 7.26. The quantitative estimate of drug-likeness (QED) is 0.543. The van der Waals surface area contributed by atoms with Gasteiger partial charge in [-0.3, -0.25) is 4.79 Å². The molecular formula is C27H40ClN3O2. The molecule has 0 aromatic heterocycles. The molecule has 2 fully saturated rings. The Morgan fingerprint density at radius 1 is 0.939 bits per heavy atom. The zero-order valence-electron chi connectivity index (χ0n) is 19.8. The Hall–Kier alpha value is -1.66. The average Bonchev–Trinajstić information content (AvgIpc) is 2.83. The van der Waals surface area contributed by atoms with Gasteiger partial charge in [0, 0.05) is 26.2 Å². The van der Waals surface area contributed by atoms with Gasteiger partial charge in [0.1, 0.15) is 0 Å². The fourth-order valence-corrected chi connectivity index (χ4v) is 5.14. The Morgan fingerprint density at radius 3 is 2.45 bits per heavy atom. The first-order chi connectivity index (χ1) is 15.7. The van der Waals surface area contributed by atoms with Crippen molar-refractivity contribution < 1.29 is 9.90 Å². The predicted molar refractivity (Wildman–Crippen MR) is 138 cm³/mol. The van der Waals surface area contributed by atoms with Crippen LogP contribution in [0.3, 0.4) is 0 Å². The summed E-state index contributed by atoms with van der Waals surface area (Å²) in [7, 11) is 0. The van der Waals surface area contributed by atoms with Crippen molar-refractivity contribution in [3.8, 4) is 0 Å². The van der Waals surface area contributed by atoms with E-state index >= 15 is 0 Å².